The molecule has 2 nitrogen and oxygen atoms in total. The molecule has 0 N–H and O–H groups in total. The summed E-state index contributed by atoms with van der Waals surface area (Å²) in [6.45, 7) is 0. The molecular weight excluding hydrogens is 655 g/mol. The van der Waals surface area contributed by atoms with E-state index in [1.807, 2.05) is 84.9 Å². The average molecular weight is 707 g/mol. The van der Waals surface area contributed by atoms with Crippen LogP contribution in [0.4, 0.5) is 17.1 Å². The van der Waals surface area contributed by atoms with Gasteiger partial charge in [-0.3, -0.25) is 0 Å². The average Bonchev–Trinajstić information content (AvgIpc) is 3.55. The van der Waals surface area contributed by atoms with Gasteiger partial charge in [0, 0.05) is 28.2 Å². The summed E-state index contributed by atoms with van der Waals surface area (Å²) in [6, 6.07) is 20.8. The van der Waals surface area contributed by atoms with Crippen LogP contribution in [0.5, 0.6) is 11.5 Å². The molecule has 0 saturated carbocycles. The van der Waals surface area contributed by atoms with E-state index in [-0.39, 0.29) is 5.69 Å². The Bertz CT molecular complexity index is 3730. The molecule has 0 aromatic heterocycles. The summed E-state index contributed by atoms with van der Waals surface area (Å²) >= 11 is 0. The quantitative estimate of drug-likeness (QED) is 0.171. The van der Waals surface area contributed by atoms with Crippen molar-refractivity contribution in [1.29, 1.82) is 0 Å². The van der Waals surface area contributed by atoms with E-state index >= 15 is 0 Å². The van der Waals surface area contributed by atoms with Crippen LogP contribution in [0.15, 0.2) is 212 Å². The summed E-state index contributed by atoms with van der Waals surface area (Å²) in [6.07, 6.45) is 0. The molecule has 0 bridgehead atoms. The van der Waals surface area contributed by atoms with Crippen LogP contribution in [0.1, 0.15) is 23.3 Å². The van der Waals surface area contributed by atoms with Crippen LogP contribution in [-0.2, 0) is 0 Å². The molecule has 9 aromatic carbocycles. The minimum atomic E-state index is -0.835. The Balaban J connectivity index is 1.38. The number of fused-ring (bicyclic) bond motifs is 7. The second-order valence-corrected chi connectivity index (χ2v) is 12.4. The Hall–Kier alpha value is -7.16. The third kappa shape index (κ3) is 5.71. The molecule has 54 heavy (non-hydrogen) atoms. The van der Waals surface area contributed by atoms with Crippen molar-refractivity contribution in [2.45, 2.75) is 0 Å². The fourth-order valence-corrected chi connectivity index (χ4v) is 6.63. The van der Waals surface area contributed by atoms with Crippen molar-refractivity contribution >= 4 is 27.8 Å². The Morgan fingerprint density at radius 1 is 0.389 bits per heavy atom. The molecule has 0 amide bonds. The molecule has 0 radical (unpaired) electrons. The molecule has 0 saturated heterocycles. The second kappa shape index (κ2) is 13.4. The van der Waals surface area contributed by atoms with Gasteiger partial charge in [-0.2, -0.15) is 0 Å². The third-order valence-electron chi connectivity index (χ3n) is 9.16. The first kappa shape index (κ1) is 18.6. The van der Waals surface area contributed by atoms with Crippen LogP contribution in [0.25, 0.3) is 66.4 Å². The molecule has 2 heteroatoms. The number of ether oxygens (including phenoxy) is 1. The van der Waals surface area contributed by atoms with Gasteiger partial charge in [0.1, 0.15) is 11.5 Å². The van der Waals surface area contributed by atoms with Gasteiger partial charge in [-0.15, -0.1) is 0 Å². The molecule has 9 aromatic rings. The topological polar surface area (TPSA) is 12.5 Å². The number of benzene rings is 9. The molecule has 1 heterocycles. The Morgan fingerprint density at radius 3 is 1.87 bits per heavy atom. The summed E-state index contributed by atoms with van der Waals surface area (Å²) < 4.78 is 162. The molecule has 0 fully saturated rings. The minimum Gasteiger partial charge on any atom is -0.456 e. The lowest BCUT2D eigenvalue weighted by Crippen LogP contribution is -2.10. The number of hydrogen-bond donors (Lipinski definition) is 0. The normalized spacial score (nSPS) is 15.9. The van der Waals surface area contributed by atoms with Gasteiger partial charge in [0.25, 0.3) is 0 Å². The lowest BCUT2D eigenvalue weighted by molar-refractivity contribution is 0.488. The molecule has 10 rings (SSSR count). The molecule has 1 aliphatic heterocycles. The highest BCUT2D eigenvalue weighted by Gasteiger charge is 2.25. The van der Waals surface area contributed by atoms with Gasteiger partial charge in [0.15, 0.2) is 0 Å². The van der Waals surface area contributed by atoms with Crippen LogP contribution in [0.3, 0.4) is 0 Å². The molecule has 0 atom stereocenters. The highest BCUT2D eigenvalue weighted by atomic mass is 16.5. The van der Waals surface area contributed by atoms with E-state index in [1.54, 1.807) is 29.2 Å². The van der Waals surface area contributed by atoms with E-state index < -0.39 is 158 Å². The third-order valence-corrected chi connectivity index (χ3v) is 9.16. The van der Waals surface area contributed by atoms with E-state index in [1.165, 1.54) is 0 Å². The summed E-state index contributed by atoms with van der Waals surface area (Å²) in [4.78, 5) is 1.58. The number of nitrogens with zero attached hydrogens (tertiary/aromatic N) is 1. The van der Waals surface area contributed by atoms with Crippen LogP contribution < -0.4 is 9.64 Å². The van der Waals surface area contributed by atoms with Crippen molar-refractivity contribution in [3.63, 3.8) is 0 Å². The van der Waals surface area contributed by atoms with E-state index in [9.17, 15) is 11.0 Å². The van der Waals surface area contributed by atoms with Gasteiger partial charge in [0.05, 0.1) is 23.3 Å². The molecule has 0 unspecified atom stereocenters. The standard InChI is InChI=1S/C52H35NO/c1-4-13-36(14-5-1)39-23-27-43(28-24-39)53(44-21-12-20-41(33-44)37-15-6-2-7-16-37)45-29-31-48-49(35-45)47-30-25-42(38-17-8-3-9-18-38)34-51(47)54-50-32-26-40-19-10-11-22-46(40)52(48)50/h1-35H/i3D,8D,9D,10D,11D,17D,18D,19D,22D,25D,26D,29D,30D,31D,32D,34D,35D. The smallest absolute Gasteiger partial charge is 0.135 e. The number of anilines is 3. The van der Waals surface area contributed by atoms with Gasteiger partial charge in [-0.1, -0.05) is 157 Å². The largest absolute Gasteiger partial charge is 0.456 e. The van der Waals surface area contributed by atoms with Crippen LogP contribution in [-0.4, -0.2) is 0 Å². The first-order chi connectivity index (χ1) is 33.9. The van der Waals surface area contributed by atoms with Crippen molar-refractivity contribution < 1.29 is 28.0 Å². The molecular formula is C52H35NO. The van der Waals surface area contributed by atoms with Crippen LogP contribution in [0, 0.1) is 0 Å². The van der Waals surface area contributed by atoms with Crippen LogP contribution in [0.2, 0.25) is 0 Å². The maximum atomic E-state index is 10.4. The number of hydrogen-bond acceptors (Lipinski definition) is 2. The van der Waals surface area contributed by atoms with Gasteiger partial charge in [-0.25, -0.2) is 0 Å². The summed E-state index contributed by atoms with van der Waals surface area (Å²) in [5, 5.41) is -0.863. The predicted octanol–water partition coefficient (Wildman–Crippen LogP) is 14.8. The summed E-state index contributed by atoms with van der Waals surface area (Å²) in [5.74, 6) is -1.32. The van der Waals surface area contributed by atoms with E-state index in [0.29, 0.717) is 11.4 Å². The van der Waals surface area contributed by atoms with Crippen molar-refractivity contribution in [2.24, 2.45) is 0 Å². The van der Waals surface area contributed by atoms with Gasteiger partial charge >= 0.3 is 0 Å². The van der Waals surface area contributed by atoms with Crippen LogP contribution >= 0.6 is 0 Å². The fourth-order valence-electron chi connectivity index (χ4n) is 6.63. The van der Waals surface area contributed by atoms with Crippen molar-refractivity contribution in [1.82, 2.24) is 0 Å². The summed E-state index contributed by atoms with van der Waals surface area (Å²) in [5.41, 5.74) is 0.927. The maximum Gasteiger partial charge on any atom is 0.135 e. The van der Waals surface area contributed by atoms with Crippen molar-refractivity contribution in [3.8, 4) is 67.1 Å². The molecule has 0 aliphatic carbocycles. The lowest BCUT2D eigenvalue weighted by atomic mass is 9.90. The van der Waals surface area contributed by atoms with Crippen molar-refractivity contribution in [2.75, 3.05) is 4.90 Å². The Morgan fingerprint density at radius 2 is 1.07 bits per heavy atom. The molecule has 1 aliphatic rings. The zero-order valence-corrected chi connectivity index (χ0v) is 28.2. The SMILES string of the molecule is [2H]c1c([2H])c([2H])c(-c2c([2H])c([2H])c3c(c2[2H])Oc2c([2H])c([2H])c4c([2H])c([2H])c([2H])c([2H])c4c2-c2c([2H])c([2H])c(N(c4ccc(-c5ccccc5)cc4)c4cccc(-c5ccccc5)c4)c([2H])c2-3)c([2H])c1[2H]. The second-order valence-electron chi connectivity index (χ2n) is 12.4. The fraction of sp³-hybridized carbons (Fsp3) is 0. The highest BCUT2D eigenvalue weighted by Crippen LogP contribution is 2.52. The van der Waals surface area contributed by atoms with E-state index in [0.717, 1.165) is 22.3 Å². The van der Waals surface area contributed by atoms with Gasteiger partial charge in [0.2, 0.25) is 0 Å². The van der Waals surface area contributed by atoms with Gasteiger partial charge < -0.3 is 9.64 Å². The zero-order chi connectivity index (χ0) is 50.6. The lowest BCUT2D eigenvalue weighted by Gasteiger charge is -2.27. The minimum absolute atomic E-state index is 0.234. The van der Waals surface area contributed by atoms with E-state index in [2.05, 4.69) is 0 Å². The first-order valence-corrected chi connectivity index (χ1v) is 17.0. The monoisotopic (exact) mass is 706 g/mol. The number of rotatable bonds is 6. The predicted molar refractivity (Wildman–Crippen MR) is 226 cm³/mol. The maximum absolute atomic E-state index is 10.4. The first-order valence-electron chi connectivity index (χ1n) is 25.5. The summed E-state index contributed by atoms with van der Waals surface area (Å²) in [7, 11) is 0. The Labute approximate surface area is 339 Å². The Kier molecular flexibility index (Phi) is 4.61. The van der Waals surface area contributed by atoms with E-state index in [4.69, 9.17) is 17.1 Å². The van der Waals surface area contributed by atoms with Gasteiger partial charge in [-0.05, 0) is 110 Å². The zero-order valence-electron chi connectivity index (χ0n) is 45.2. The molecule has 0 spiro atoms. The molecule has 254 valence electrons. The highest BCUT2D eigenvalue weighted by molar-refractivity contribution is 6.06. The van der Waals surface area contributed by atoms with Crippen molar-refractivity contribution in [3.05, 3.63) is 212 Å².